The Labute approximate surface area is 162 Å². The molecule has 4 rings (SSSR count). The summed E-state index contributed by atoms with van der Waals surface area (Å²) in [5.41, 5.74) is 2.21. The van der Waals surface area contributed by atoms with E-state index in [2.05, 4.69) is 10.1 Å². The monoisotopic (exact) mass is 397 g/mol. The highest BCUT2D eigenvalue weighted by Gasteiger charge is 2.22. The number of carbonyl (C=O) groups excluding carboxylic acids is 1. The van der Waals surface area contributed by atoms with Gasteiger partial charge in [-0.2, -0.15) is 9.78 Å². The van der Waals surface area contributed by atoms with Crippen LogP contribution < -0.4 is 0 Å². The summed E-state index contributed by atoms with van der Waals surface area (Å²) < 4.78 is 28.3. The fraction of sp³-hybridized carbons (Fsp3) is 0.0500. The van der Waals surface area contributed by atoms with Crippen molar-refractivity contribution in [3.8, 4) is 22.3 Å². The van der Waals surface area contributed by atoms with Gasteiger partial charge in [0.15, 0.2) is 17.9 Å². The average molecular weight is 397 g/mol. The standard InChI is InChI=1S/C20H13F2N3O2S/c21-16-7-6-13(9-17(16)22)18-15(8-12-4-2-1-3-5-12)19(27)25(24-18)20-23-14(10-26)11-28-20/h1-7,9-11,27H,8H2. The molecule has 1 N–H and O–H groups in total. The van der Waals surface area contributed by atoms with E-state index in [1.807, 2.05) is 30.3 Å². The van der Waals surface area contributed by atoms with Crippen molar-refractivity contribution in [1.29, 1.82) is 0 Å². The Bertz CT molecular complexity index is 1160. The van der Waals surface area contributed by atoms with Crippen molar-refractivity contribution in [3.63, 3.8) is 0 Å². The molecule has 0 atom stereocenters. The molecule has 0 saturated carbocycles. The Morgan fingerprint density at radius 2 is 1.89 bits per heavy atom. The van der Waals surface area contributed by atoms with Crippen LogP contribution in [0.5, 0.6) is 5.88 Å². The van der Waals surface area contributed by atoms with Crippen molar-refractivity contribution in [2.24, 2.45) is 0 Å². The Kier molecular flexibility index (Phi) is 4.70. The van der Waals surface area contributed by atoms with E-state index in [0.29, 0.717) is 34.7 Å². The lowest BCUT2D eigenvalue weighted by Crippen LogP contribution is -1.96. The largest absolute Gasteiger partial charge is 0.493 e. The minimum atomic E-state index is -1.00. The lowest BCUT2D eigenvalue weighted by molar-refractivity contribution is 0.111. The predicted molar refractivity (Wildman–Crippen MR) is 101 cm³/mol. The van der Waals surface area contributed by atoms with E-state index < -0.39 is 11.6 Å². The van der Waals surface area contributed by atoms with Crippen LogP contribution >= 0.6 is 11.3 Å². The van der Waals surface area contributed by atoms with Gasteiger partial charge in [0.2, 0.25) is 11.0 Å². The van der Waals surface area contributed by atoms with Crippen LogP contribution in [0.1, 0.15) is 21.6 Å². The number of rotatable bonds is 5. The summed E-state index contributed by atoms with van der Waals surface area (Å²) in [5, 5.41) is 17.0. The molecule has 2 heterocycles. The lowest BCUT2D eigenvalue weighted by atomic mass is 10.0. The third-order valence-electron chi connectivity index (χ3n) is 4.18. The number of nitrogens with zero attached hydrogens (tertiary/aromatic N) is 3. The van der Waals surface area contributed by atoms with E-state index in [1.54, 1.807) is 0 Å². The van der Waals surface area contributed by atoms with Gasteiger partial charge in [0.1, 0.15) is 11.4 Å². The highest BCUT2D eigenvalue weighted by Crippen LogP contribution is 2.34. The number of halogens is 2. The molecule has 0 amide bonds. The first-order valence-corrected chi connectivity index (χ1v) is 9.16. The molecule has 0 radical (unpaired) electrons. The smallest absolute Gasteiger partial charge is 0.220 e. The van der Waals surface area contributed by atoms with Gasteiger partial charge in [-0.15, -0.1) is 11.3 Å². The van der Waals surface area contributed by atoms with Crippen molar-refractivity contribution in [3.05, 3.63) is 82.4 Å². The molecule has 5 nitrogen and oxygen atoms in total. The van der Waals surface area contributed by atoms with E-state index in [9.17, 15) is 18.7 Å². The van der Waals surface area contributed by atoms with Gasteiger partial charge in [0.05, 0.1) is 0 Å². The molecule has 0 aliphatic rings. The van der Waals surface area contributed by atoms with Crippen LogP contribution in [-0.2, 0) is 6.42 Å². The minimum absolute atomic E-state index is 0.171. The molecule has 0 aliphatic carbocycles. The molecule has 2 aromatic heterocycles. The maximum absolute atomic E-state index is 13.8. The molecule has 0 saturated heterocycles. The zero-order valence-electron chi connectivity index (χ0n) is 14.3. The van der Waals surface area contributed by atoms with Crippen LogP contribution in [0.2, 0.25) is 0 Å². The van der Waals surface area contributed by atoms with Gasteiger partial charge in [-0.3, -0.25) is 4.79 Å². The Morgan fingerprint density at radius 3 is 2.57 bits per heavy atom. The van der Waals surface area contributed by atoms with E-state index in [-0.39, 0.29) is 11.6 Å². The number of thiazole rings is 1. The normalized spacial score (nSPS) is 10.9. The first-order valence-electron chi connectivity index (χ1n) is 8.28. The first-order chi connectivity index (χ1) is 13.6. The summed E-state index contributed by atoms with van der Waals surface area (Å²) in [6, 6.07) is 12.8. The first kappa shape index (κ1) is 18.0. The lowest BCUT2D eigenvalue weighted by Gasteiger charge is -2.04. The number of hydrogen-bond donors (Lipinski definition) is 1. The van der Waals surface area contributed by atoms with Crippen LogP contribution in [-0.4, -0.2) is 26.2 Å². The zero-order valence-corrected chi connectivity index (χ0v) is 15.2. The maximum atomic E-state index is 13.8. The Hall–Kier alpha value is -3.39. The summed E-state index contributed by atoms with van der Waals surface area (Å²) in [7, 11) is 0. The summed E-state index contributed by atoms with van der Waals surface area (Å²) in [5.74, 6) is -2.14. The van der Waals surface area contributed by atoms with Gasteiger partial charge < -0.3 is 5.11 Å². The molecule has 28 heavy (non-hydrogen) atoms. The van der Waals surface area contributed by atoms with Gasteiger partial charge in [0, 0.05) is 22.9 Å². The molecule has 0 bridgehead atoms. The van der Waals surface area contributed by atoms with Crippen LogP contribution in [0.3, 0.4) is 0 Å². The van der Waals surface area contributed by atoms with Crippen molar-refractivity contribution < 1.29 is 18.7 Å². The van der Waals surface area contributed by atoms with Gasteiger partial charge in [-0.1, -0.05) is 30.3 Å². The highest BCUT2D eigenvalue weighted by atomic mass is 32.1. The van der Waals surface area contributed by atoms with Crippen LogP contribution in [0.4, 0.5) is 8.78 Å². The molecule has 0 unspecified atom stereocenters. The second-order valence-electron chi connectivity index (χ2n) is 6.03. The highest BCUT2D eigenvalue weighted by molar-refractivity contribution is 7.12. The Morgan fingerprint density at radius 1 is 1.11 bits per heavy atom. The number of benzene rings is 2. The SMILES string of the molecule is O=Cc1csc(-n2nc(-c3ccc(F)c(F)c3)c(Cc3ccccc3)c2O)n1. The topological polar surface area (TPSA) is 68.0 Å². The van der Waals surface area contributed by atoms with Crippen LogP contribution in [0.25, 0.3) is 16.4 Å². The Balaban J connectivity index is 1.88. The fourth-order valence-electron chi connectivity index (χ4n) is 2.84. The minimum Gasteiger partial charge on any atom is -0.493 e. The van der Waals surface area contributed by atoms with Crippen LogP contribution in [0, 0.1) is 11.6 Å². The number of aldehydes is 1. The summed E-state index contributed by atoms with van der Waals surface area (Å²) >= 11 is 1.13. The predicted octanol–water partition coefficient (Wildman–Crippen LogP) is 4.38. The molecule has 140 valence electrons. The van der Waals surface area contributed by atoms with Gasteiger partial charge in [-0.05, 0) is 23.8 Å². The molecular formula is C20H13F2N3O2S. The average Bonchev–Trinajstić information content (AvgIpc) is 3.30. The van der Waals surface area contributed by atoms with E-state index in [1.165, 1.54) is 16.1 Å². The van der Waals surface area contributed by atoms with Crippen molar-refractivity contribution >= 4 is 17.6 Å². The van der Waals surface area contributed by atoms with E-state index in [0.717, 1.165) is 29.0 Å². The molecule has 0 aliphatic heterocycles. The third kappa shape index (κ3) is 3.29. The summed E-state index contributed by atoms with van der Waals surface area (Å²) in [6.07, 6.45) is 0.925. The van der Waals surface area contributed by atoms with Crippen molar-refractivity contribution in [2.75, 3.05) is 0 Å². The fourth-order valence-corrected chi connectivity index (χ4v) is 3.56. The molecular weight excluding hydrogens is 384 g/mol. The number of aromatic hydroxyl groups is 1. The summed E-state index contributed by atoms with van der Waals surface area (Å²) in [6.45, 7) is 0. The molecule has 2 aromatic carbocycles. The second-order valence-corrected chi connectivity index (χ2v) is 6.86. The van der Waals surface area contributed by atoms with Crippen molar-refractivity contribution in [2.45, 2.75) is 6.42 Å². The summed E-state index contributed by atoms with van der Waals surface area (Å²) in [4.78, 5) is 15.0. The number of carbonyl (C=O) groups is 1. The molecule has 8 heteroatoms. The zero-order chi connectivity index (χ0) is 19.7. The number of hydrogen-bond acceptors (Lipinski definition) is 5. The molecule has 0 fully saturated rings. The van der Waals surface area contributed by atoms with Gasteiger partial charge in [-0.25, -0.2) is 13.8 Å². The molecule has 0 spiro atoms. The van der Waals surface area contributed by atoms with Gasteiger partial charge >= 0.3 is 0 Å². The number of aromatic nitrogens is 3. The third-order valence-corrected chi connectivity index (χ3v) is 5.02. The van der Waals surface area contributed by atoms with Gasteiger partial charge in [0.25, 0.3) is 0 Å². The van der Waals surface area contributed by atoms with Crippen LogP contribution in [0.15, 0.2) is 53.9 Å². The van der Waals surface area contributed by atoms with Crippen molar-refractivity contribution in [1.82, 2.24) is 14.8 Å². The molecule has 4 aromatic rings. The van der Waals surface area contributed by atoms with E-state index in [4.69, 9.17) is 0 Å². The second kappa shape index (κ2) is 7.32. The van der Waals surface area contributed by atoms with E-state index >= 15 is 0 Å². The quantitative estimate of drug-likeness (QED) is 0.508. The maximum Gasteiger partial charge on any atom is 0.220 e.